The Morgan fingerprint density at radius 2 is 2.35 bits per heavy atom. The SMILES string of the molecule is NC(=O)Cn1cc(NC(=O)c2cscn2)cn1. The smallest absolute Gasteiger partial charge is 0.275 e. The lowest BCUT2D eigenvalue weighted by atomic mass is 10.4. The Morgan fingerprint density at radius 1 is 1.53 bits per heavy atom. The highest BCUT2D eigenvalue weighted by Crippen LogP contribution is 2.08. The first kappa shape index (κ1) is 11.3. The van der Waals surface area contributed by atoms with Crippen LogP contribution in [0.4, 0.5) is 5.69 Å². The monoisotopic (exact) mass is 251 g/mol. The number of nitrogens with zero attached hydrogens (tertiary/aromatic N) is 3. The van der Waals surface area contributed by atoms with Crippen LogP contribution in [0.2, 0.25) is 0 Å². The van der Waals surface area contributed by atoms with Gasteiger partial charge >= 0.3 is 0 Å². The highest BCUT2D eigenvalue weighted by molar-refractivity contribution is 7.07. The van der Waals surface area contributed by atoms with Gasteiger partial charge in [0.05, 0.1) is 17.4 Å². The van der Waals surface area contributed by atoms with Crippen molar-refractivity contribution in [2.75, 3.05) is 5.32 Å². The van der Waals surface area contributed by atoms with Crippen LogP contribution in [0.15, 0.2) is 23.3 Å². The number of hydrogen-bond acceptors (Lipinski definition) is 5. The standard InChI is InChI=1S/C9H9N5O2S/c10-8(15)3-14-2-6(1-12-14)13-9(16)7-4-17-5-11-7/h1-2,4-5H,3H2,(H2,10,15)(H,13,16). The van der Waals surface area contributed by atoms with Gasteiger partial charge in [0.15, 0.2) is 0 Å². The average molecular weight is 251 g/mol. The molecule has 0 aromatic carbocycles. The molecular formula is C9H9N5O2S. The van der Waals surface area contributed by atoms with Crippen LogP contribution >= 0.6 is 11.3 Å². The zero-order valence-corrected chi connectivity index (χ0v) is 9.48. The highest BCUT2D eigenvalue weighted by atomic mass is 32.1. The van der Waals surface area contributed by atoms with Crippen LogP contribution in [0, 0.1) is 0 Å². The number of carbonyl (C=O) groups excluding carboxylic acids is 2. The van der Waals surface area contributed by atoms with Gasteiger partial charge in [-0.25, -0.2) is 4.98 Å². The fourth-order valence-corrected chi connectivity index (χ4v) is 1.73. The first-order valence-electron chi connectivity index (χ1n) is 4.65. The maximum absolute atomic E-state index is 11.6. The molecule has 2 heterocycles. The summed E-state index contributed by atoms with van der Waals surface area (Å²) in [6.07, 6.45) is 2.96. The van der Waals surface area contributed by atoms with Crippen molar-refractivity contribution in [1.82, 2.24) is 14.8 Å². The molecule has 0 unspecified atom stereocenters. The van der Waals surface area contributed by atoms with E-state index >= 15 is 0 Å². The van der Waals surface area contributed by atoms with E-state index in [1.165, 1.54) is 28.4 Å². The van der Waals surface area contributed by atoms with Crippen LogP contribution in [-0.2, 0) is 11.3 Å². The molecule has 0 aliphatic carbocycles. The molecule has 2 rings (SSSR count). The third-order valence-electron chi connectivity index (χ3n) is 1.87. The van der Waals surface area contributed by atoms with Gasteiger partial charge < -0.3 is 11.1 Å². The number of aromatic nitrogens is 3. The van der Waals surface area contributed by atoms with E-state index < -0.39 is 5.91 Å². The van der Waals surface area contributed by atoms with Gasteiger partial charge in [-0.15, -0.1) is 11.3 Å². The van der Waals surface area contributed by atoms with Gasteiger partial charge in [-0.1, -0.05) is 0 Å². The molecule has 0 saturated heterocycles. The van der Waals surface area contributed by atoms with Crippen molar-refractivity contribution in [2.45, 2.75) is 6.54 Å². The van der Waals surface area contributed by atoms with Crippen LogP contribution in [-0.4, -0.2) is 26.6 Å². The van der Waals surface area contributed by atoms with E-state index in [0.29, 0.717) is 11.4 Å². The maximum atomic E-state index is 11.6. The van der Waals surface area contributed by atoms with E-state index in [1.54, 1.807) is 10.9 Å². The molecule has 8 heteroatoms. The summed E-state index contributed by atoms with van der Waals surface area (Å²) in [6.45, 7) is -0.0213. The van der Waals surface area contributed by atoms with Crippen molar-refractivity contribution in [1.29, 1.82) is 0 Å². The van der Waals surface area contributed by atoms with Gasteiger partial charge in [0.1, 0.15) is 12.2 Å². The molecule has 88 valence electrons. The van der Waals surface area contributed by atoms with E-state index in [2.05, 4.69) is 15.4 Å². The number of thiazole rings is 1. The van der Waals surface area contributed by atoms with Crippen LogP contribution < -0.4 is 11.1 Å². The number of primary amides is 1. The lowest BCUT2D eigenvalue weighted by molar-refractivity contribution is -0.118. The van der Waals surface area contributed by atoms with Crippen molar-refractivity contribution in [3.8, 4) is 0 Å². The molecule has 2 amide bonds. The first-order chi connectivity index (χ1) is 8.15. The molecular weight excluding hydrogens is 242 g/mol. The molecule has 0 fully saturated rings. The second-order valence-corrected chi connectivity index (χ2v) is 3.94. The highest BCUT2D eigenvalue weighted by Gasteiger charge is 2.09. The van der Waals surface area contributed by atoms with Gasteiger partial charge in [-0.2, -0.15) is 5.10 Å². The Kier molecular flexibility index (Phi) is 3.15. The molecule has 0 bridgehead atoms. The minimum Gasteiger partial charge on any atom is -0.368 e. The van der Waals surface area contributed by atoms with Gasteiger partial charge in [0, 0.05) is 11.6 Å². The molecule has 3 N–H and O–H groups in total. The van der Waals surface area contributed by atoms with Crippen molar-refractivity contribution in [3.05, 3.63) is 29.0 Å². The quantitative estimate of drug-likeness (QED) is 0.802. The summed E-state index contributed by atoms with van der Waals surface area (Å²) in [5.41, 5.74) is 7.43. The van der Waals surface area contributed by atoms with E-state index in [4.69, 9.17) is 5.73 Å². The predicted octanol–water partition coefficient (Wildman–Crippen LogP) is 0.0772. The Labute approximate surface area is 100 Å². The number of rotatable bonds is 4. The second kappa shape index (κ2) is 4.74. The lowest BCUT2D eigenvalue weighted by Gasteiger charge is -1.98. The zero-order chi connectivity index (χ0) is 12.3. The fraction of sp³-hybridized carbons (Fsp3) is 0.111. The number of carbonyl (C=O) groups is 2. The number of hydrogen-bond donors (Lipinski definition) is 2. The van der Waals surface area contributed by atoms with Crippen LogP contribution in [0.3, 0.4) is 0 Å². The lowest BCUT2D eigenvalue weighted by Crippen LogP contribution is -2.18. The largest absolute Gasteiger partial charge is 0.368 e. The molecule has 0 spiro atoms. The number of anilines is 1. The Bertz CT molecular complexity index is 533. The number of nitrogens with two attached hydrogens (primary N) is 1. The normalized spacial score (nSPS) is 10.1. The molecule has 0 saturated carbocycles. The molecule has 17 heavy (non-hydrogen) atoms. The summed E-state index contributed by atoms with van der Waals surface area (Å²) in [4.78, 5) is 26.1. The van der Waals surface area contributed by atoms with Gasteiger partial charge in [0.2, 0.25) is 5.91 Å². The Balaban J connectivity index is 2.02. The summed E-state index contributed by atoms with van der Waals surface area (Å²) >= 11 is 1.34. The van der Waals surface area contributed by atoms with Crippen molar-refractivity contribution in [2.24, 2.45) is 5.73 Å². The fourth-order valence-electron chi connectivity index (χ4n) is 1.19. The zero-order valence-electron chi connectivity index (χ0n) is 8.66. The summed E-state index contributed by atoms with van der Waals surface area (Å²) in [7, 11) is 0. The minimum atomic E-state index is -0.495. The maximum Gasteiger partial charge on any atom is 0.275 e. The van der Waals surface area contributed by atoms with E-state index in [9.17, 15) is 9.59 Å². The number of nitrogens with one attached hydrogen (secondary N) is 1. The molecule has 2 aromatic rings. The molecule has 2 aromatic heterocycles. The van der Waals surface area contributed by atoms with E-state index in [0.717, 1.165) is 0 Å². The Hall–Kier alpha value is -2.22. The summed E-state index contributed by atoms with van der Waals surface area (Å²) < 4.78 is 1.35. The van der Waals surface area contributed by atoms with Gasteiger partial charge in [0.25, 0.3) is 5.91 Å². The molecule has 0 aliphatic heterocycles. The molecule has 0 radical (unpaired) electrons. The summed E-state index contributed by atoms with van der Waals surface area (Å²) in [5, 5.41) is 8.12. The Morgan fingerprint density at radius 3 is 3.00 bits per heavy atom. The van der Waals surface area contributed by atoms with E-state index in [1.807, 2.05) is 0 Å². The van der Waals surface area contributed by atoms with Gasteiger partial charge in [-0.05, 0) is 0 Å². The van der Waals surface area contributed by atoms with Crippen molar-refractivity contribution < 1.29 is 9.59 Å². The molecule has 0 atom stereocenters. The number of amides is 2. The van der Waals surface area contributed by atoms with E-state index in [-0.39, 0.29) is 12.5 Å². The van der Waals surface area contributed by atoms with Crippen LogP contribution in [0.1, 0.15) is 10.5 Å². The predicted molar refractivity (Wildman–Crippen MR) is 61.5 cm³/mol. The molecule has 0 aliphatic rings. The summed E-state index contributed by atoms with van der Waals surface area (Å²) in [5.74, 6) is -0.810. The third kappa shape index (κ3) is 2.88. The topological polar surface area (TPSA) is 103 Å². The minimum absolute atomic E-state index is 0.0213. The average Bonchev–Trinajstić information content (AvgIpc) is 2.87. The van der Waals surface area contributed by atoms with Crippen molar-refractivity contribution >= 4 is 28.8 Å². The second-order valence-electron chi connectivity index (χ2n) is 3.22. The first-order valence-corrected chi connectivity index (χ1v) is 5.60. The summed E-state index contributed by atoms with van der Waals surface area (Å²) in [6, 6.07) is 0. The van der Waals surface area contributed by atoms with Crippen molar-refractivity contribution in [3.63, 3.8) is 0 Å². The third-order valence-corrected chi connectivity index (χ3v) is 2.46. The molecule has 7 nitrogen and oxygen atoms in total. The van der Waals surface area contributed by atoms with Crippen LogP contribution in [0.5, 0.6) is 0 Å². The van der Waals surface area contributed by atoms with Crippen LogP contribution in [0.25, 0.3) is 0 Å². The van der Waals surface area contributed by atoms with Gasteiger partial charge in [-0.3, -0.25) is 14.3 Å².